The van der Waals surface area contributed by atoms with Gasteiger partial charge in [-0.15, -0.1) is 0 Å². The van der Waals surface area contributed by atoms with Gasteiger partial charge in [0.2, 0.25) is 11.8 Å². The summed E-state index contributed by atoms with van der Waals surface area (Å²) in [6.07, 6.45) is 2.21. The monoisotopic (exact) mass is 412 g/mol. The summed E-state index contributed by atoms with van der Waals surface area (Å²) in [7, 11) is 0. The lowest BCUT2D eigenvalue weighted by Gasteiger charge is -2.20. The lowest BCUT2D eigenvalue weighted by atomic mass is 10.0. The van der Waals surface area contributed by atoms with Crippen LogP contribution in [0.2, 0.25) is 0 Å². The quantitative estimate of drug-likeness (QED) is 0.467. The number of fused-ring (bicyclic) bond motifs is 5. The summed E-state index contributed by atoms with van der Waals surface area (Å²) in [5, 5.41) is 0. The number of carbonyl (C=O) groups is 2. The van der Waals surface area contributed by atoms with Crippen molar-refractivity contribution in [3.63, 3.8) is 0 Å². The molecule has 1 aliphatic heterocycles. The van der Waals surface area contributed by atoms with Crippen molar-refractivity contribution in [1.82, 2.24) is 14.4 Å². The van der Waals surface area contributed by atoms with E-state index in [4.69, 9.17) is 14.7 Å². The second-order valence-electron chi connectivity index (χ2n) is 7.43. The summed E-state index contributed by atoms with van der Waals surface area (Å²) in [6, 6.07) is 17.3. The molecule has 0 spiro atoms. The van der Waals surface area contributed by atoms with Gasteiger partial charge in [0.15, 0.2) is 0 Å². The highest BCUT2D eigenvalue weighted by molar-refractivity contribution is 5.97. The first-order valence-corrected chi connectivity index (χ1v) is 10.1. The molecule has 0 aliphatic carbocycles. The highest BCUT2D eigenvalue weighted by Crippen LogP contribution is 2.39. The van der Waals surface area contributed by atoms with Gasteiger partial charge in [-0.2, -0.15) is 0 Å². The van der Waals surface area contributed by atoms with E-state index in [0.29, 0.717) is 30.2 Å². The van der Waals surface area contributed by atoms with Crippen LogP contribution in [-0.4, -0.2) is 32.8 Å². The number of carbonyl (C=O) groups excluding carboxylic acids is 2. The SMILES string of the molecule is CC(=O)Oc1c(-c2ccccc2)nc2c3c(ncn12)-c1ccccc1N(C(C)=O)CC3. The van der Waals surface area contributed by atoms with E-state index in [1.54, 1.807) is 22.6 Å². The maximum atomic E-state index is 12.3. The molecule has 0 unspecified atom stereocenters. The number of esters is 1. The van der Waals surface area contributed by atoms with Crippen LogP contribution in [0.15, 0.2) is 60.9 Å². The Morgan fingerprint density at radius 1 is 0.968 bits per heavy atom. The van der Waals surface area contributed by atoms with Gasteiger partial charge in [0, 0.05) is 37.1 Å². The van der Waals surface area contributed by atoms with Gasteiger partial charge in [-0.3, -0.25) is 14.0 Å². The summed E-state index contributed by atoms with van der Waals surface area (Å²) < 4.78 is 7.28. The first-order chi connectivity index (χ1) is 15.0. The minimum atomic E-state index is -0.429. The third-order valence-corrected chi connectivity index (χ3v) is 5.43. The Bertz CT molecular complexity index is 1330. The highest BCUT2D eigenvalue weighted by atomic mass is 16.5. The van der Waals surface area contributed by atoms with E-state index in [1.165, 1.54) is 6.92 Å². The number of benzene rings is 2. The Kier molecular flexibility index (Phi) is 4.51. The molecule has 0 N–H and O–H groups in total. The number of hydrogen-bond acceptors (Lipinski definition) is 5. The van der Waals surface area contributed by atoms with Gasteiger partial charge in [0.05, 0.1) is 11.4 Å². The maximum absolute atomic E-state index is 12.3. The third kappa shape index (κ3) is 3.15. The molecule has 0 radical (unpaired) electrons. The molecule has 154 valence electrons. The third-order valence-electron chi connectivity index (χ3n) is 5.43. The smallest absolute Gasteiger partial charge is 0.309 e. The minimum absolute atomic E-state index is 0.0230. The van der Waals surface area contributed by atoms with Gasteiger partial charge in [-0.05, 0) is 12.5 Å². The zero-order chi connectivity index (χ0) is 21.5. The van der Waals surface area contributed by atoms with E-state index < -0.39 is 5.97 Å². The average molecular weight is 412 g/mol. The number of imidazole rings is 1. The van der Waals surface area contributed by atoms with Gasteiger partial charge in [0.1, 0.15) is 17.7 Å². The van der Waals surface area contributed by atoms with E-state index in [2.05, 4.69) is 0 Å². The molecule has 7 nitrogen and oxygen atoms in total. The van der Waals surface area contributed by atoms with Crippen LogP contribution in [0.4, 0.5) is 5.69 Å². The van der Waals surface area contributed by atoms with E-state index in [0.717, 1.165) is 28.1 Å². The molecule has 0 fully saturated rings. The van der Waals surface area contributed by atoms with Crippen LogP contribution in [0.3, 0.4) is 0 Å². The number of ether oxygens (including phenoxy) is 1. The molecule has 1 amide bonds. The topological polar surface area (TPSA) is 76.8 Å². The van der Waals surface area contributed by atoms with Crippen molar-refractivity contribution >= 4 is 23.2 Å². The molecule has 2 aromatic carbocycles. The Morgan fingerprint density at radius 2 is 1.71 bits per heavy atom. The molecule has 0 saturated carbocycles. The number of nitrogens with zero attached hydrogens (tertiary/aromatic N) is 4. The Hall–Kier alpha value is -4.00. The van der Waals surface area contributed by atoms with Gasteiger partial charge in [0.25, 0.3) is 0 Å². The molecule has 3 heterocycles. The van der Waals surface area contributed by atoms with Crippen molar-refractivity contribution in [2.45, 2.75) is 20.3 Å². The van der Waals surface area contributed by atoms with Crippen LogP contribution in [0.1, 0.15) is 19.4 Å². The van der Waals surface area contributed by atoms with Crippen molar-refractivity contribution in [1.29, 1.82) is 0 Å². The van der Waals surface area contributed by atoms with Crippen molar-refractivity contribution in [3.8, 4) is 28.4 Å². The average Bonchev–Trinajstić information content (AvgIpc) is 3.03. The fraction of sp³-hybridized carbons (Fsp3) is 0.167. The lowest BCUT2D eigenvalue weighted by Crippen LogP contribution is -2.30. The molecular formula is C24H20N4O3. The second-order valence-corrected chi connectivity index (χ2v) is 7.43. The van der Waals surface area contributed by atoms with Gasteiger partial charge < -0.3 is 9.64 Å². The van der Waals surface area contributed by atoms with E-state index in [9.17, 15) is 9.59 Å². The maximum Gasteiger partial charge on any atom is 0.309 e. The number of para-hydroxylation sites is 1. The van der Waals surface area contributed by atoms with Crippen molar-refractivity contribution in [2.24, 2.45) is 0 Å². The fourth-order valence-electron chi connectivity index (χ4n) is 4.10. The van der Waals surface area contributed by atoms with Gasteiger partial charge in [-0.1, -0.05) is 48.5 Å². The van der Waals surface area contributed by atoms with Crippen LogP contribution in [0.25, 0.3) is 28.2 Å². The van der Waals surface area contributed by atoms with E-state index >= 15 is 0 Å². The summed E-state index contributed by atoms with van der Waals surface area (Å²) in [6.45, 7) is 3.45. The Morgan fingerprint density at radius 3 is 2.45 bits per heavy atom. The largest absolute Gasteiger partial charge is 0.407 e. The Labute approximate surface area is 178 Å². The first-order valence-electron chi connectivity index (χ1n) is 10.1. The van der Waals surface area contributed by atoms with Gasteiger partial charge >= 0.3 is 5.97 Å². The molecule has 7 heteroatoms. The van der Waals surface area contributed by atoms with Crippen LogP contribution in [0.5, 0.6) is 5.88 Å². The minimum Gasteiger partial charge on any atom is -0.407 e. The summed E-state index contributed by atoms with van der Waals surface area (Å²) in [5.41, 5.74) is 5.50. The molecule has 2 aromatic heterocycles. The van der Waals surface area contributed by atoms with E-state index in [1.807, 2.05) is 54.6 Å². The van der Waals surface area contributed by atoms with Crippen molar-refractivity contribution in [3.05, 3.63) is 66.5 Å². The predicted octanol–water partition coefficient (Wildman–Crippen LogP) is 3.90. The summed E-state index contributed by atoms with van der Waals surface area (Å²) in [5.74, 6) is -0.114. The van der Waals surface area contributed by atoms with Crippen LogP contribution >= 0.6 is 0 Å². The zero-order valence-corrected chi connectivity index (χ0v) is 17.2. The van der Waals surface area contributed by atoms with Gasteiger partial charge in [-0.25, -0.2) is 9.97 Å². The number of aromatic nitrogens is 3. The molecule has 0 atom stereocenters. The molecule has 1 aliphatic rings. The first kappa shape index (κ1) is 19.0. The molecule has 4 aromatic rings. The molecule has 5 rings (SSSR count). The van der Waals surface area contributed by atoms with Crippen molar-refractivity contribution < 1.29 is 14.3 Å². The summed E-state index contributed by atoms with van der Waals surface area (Å²) in [4.78, 5) is 35.5. The van der Waals surface area contributed by atoms with Crippen LogP contribution in [-0.2, 0) is 16.0 Å². The standard InChI is InChI=1S/C24H20N4O3/c1-15(29)27-13-12-19-22(18-10-6-7-11-20(18)27)25-14-28-23(19)26-21(24(28)31-16(2)30)17-8-4-3-5-9-17/h3-11,14H,12-13H2,1-2H3. The second kappa shape index (κ2) is 7.36. The Balaban J connectivity index is 1.79. The molecule has 0 saturated heterocycles. The summed E-state index contributed by atoms with van der Waals surface area (Å²) >= 11 is 0. The lowest BCUT2D eigenvalue weighted by molar-refractivity contribution is -0.132. The predicted molar refractivity (Wildman–Crippen MR) is 117 cm³/mol. The number of hydrogen-bond donors (Lipinski definition) is 0. The number of amides is 1. The highest BCUT2D eigenvalue weighted by Gasteiger charge is 2.27. The molecule has 31 heavy (non-hydrogen) atoms. The molecular weight excluding hydrogens is 392 g/mol. The molecule has 0 bridgehead atoms. The van der Waals surface area contributed by atoms with Crippen molar-refractivity contribution in [2.75, 3.05) is 11.4 Å². The van der Waals surface area contributed by atoms with E-state index in [-0.39, 0.29) is 5.91 Å². The normalized spacial score (nSPS) is 12.8. The van der Waals surface area contributed by atoms with Crippen LogP contribution in [0, 0.1) is 0 Å². The fourth-order valence-corrected chi connectivity index (χ4v) is 4.10. The van der Waals surface area contributed by atoms with Crippen LogP contribution < -0.4 is 9.64 Å². The number of anilines is 1. The zero-order valence-electron chi connectivity index (χ0n) is 17.2. The number of rotatable bonds is 2.